The number of nitrogens with zero attached hydrogens (tertiary/aromatic N) is 2. The van der Waals surface area contributed by atoms with Gasteiger partial charge in [0.1, 0.15) is 0 Å². The van der Waals surface area contributed by atoms with Crippen LogP contribution in [0.3, 0.4) is 0 Å². The molecule has 0 radical (unpaired) electrons. The highest BCUT2D eigenvalue weighted by Gasteiger charge is 2.40. The van der Waals surface area contributed by atoms with E-state index >= 15 is 0 Å². The predicted octanol–water partition coefficient (Wildman–Crippen LogP) is 3.20. The summed E-state index contributed by atoms with van der Waals surface area (Å²) in [5.41, 5.74) is 1.74. The van der Waals surface area contributed by atoms with Gasteiger partial charge in [0.15, 0.2) is 11.5 Å². The van der Waals surface area contributed by atoms with Gasteiger partial charge in [-0.2, -0.15) is 0 Å². The van der Waals surface area contributed by atoms with Crippen molar-refractivity contribution >= 4 is 23.4 Å². The first kappa shape index (κ1) is 22.3. The topological polar surface area (TPSA) is 88.2 Å². The van der Waals surface area contributed by atoms with Crippen LogP contribution in [0.2, 0.25) is 0 Å². The summed E-state index contributed by atoms with van der Waals surface area (Å²) in [6, 6.07) is 15.2. The molecule has 2 aromatic rings. The largest absolute Gasteiger partial charge is 0.454 e. The third-order valence-electron chi connectivity index (χ3n) is 7.07. The monoisotopic (exact) mass is 463 g/mol. The van der Waals surface area contributed by atoms with Crippen LogP contribution in [0.4, 0.5) is 5.69 Å². The Morgan fingerprint density at radius 2 is 1.74 bits per heavy atom. The molecule has 5 rings (SSSR count). The molecule has 0 unspecified atom stereocenters. The van der Waals surface area contributed by atoms with Gasteiger partial charge in [-0.3, -0.25) is 14.4 Å². The smallest absolute Gasteiger partial charge is 0.231 e. The molecule has 0 saturated carbocycles. The normalized spacial score (nSPS) is 21.0. The molecule has 2 atom stereocenters. The molecule has 8 heteroatoms. The standard InChI is InChI=1S/C26H29N3O5/c1-17(18-5-3-2-4-6-18)29-15-20(13-24(29)30)26(32)28-11-9-19(10-12-28)25(31)27-21-7-8-22-23(14-21)34-16-33-22/h2-8,14,17,19-20H,9-13,15-16H2,1H3,(H,27,31)/t17-,20+/m0/s1. The van der Waals surface area contributed by atoms with Crippen molar-refractivity contribution in [2.75, 3.05) is 31.7 Å². The van der Waals surface area contributed by atoms with Crippen LogP contribution in [0.25, 0.3) is 0 Å². The Morgan fingerprint density at radius 1 is 1.00 bits per heavy atom. The highest BCUT2D eigenvalue weighted by Crippen LogP contribution is 2.35. The van der Waals surface area contributed by atoms with Crippen LogP contribution in [0, 0.1) is 11.8 Å². The summed E-state index contributed by atoms with van der Waals surface area (Å²) in [5, 5.41) is 2.95. The molecule has 34 heavy (non-hydrogen) atoms. The van der Waals surface area contributed by atoms with Gasteiger partial charge in [0.2, 0.25) is 24.5 Å². The molecule has 2 saturated heterocycles. The summed E-state index contributed by atoms with van der Waals surface area (Å²) in [6.45, 7) is 3.69. The molecule has 3 aliphatic heterocycles. The lowest BCUT2D eigenvalue weighted by molar-refractivity contribution is -0.138. The SMILES string of the molecule is C[C@@H](c1ccccc1)N1C[C@H](C(=O)N2CCC(C(=O)Nc3ccc4c(c3)OCO4)CC2)CC1=O. The fourth-order valence-corrected chi connectivity index (χ4v) is 5.02. The van der Waals surface area contributed by atoms with Gasteiger partial charge in [0.25, 0.3) is 0 Å². The lowest BCUT2D eigenvalue weighted by atomic mass is 9.94. The van der Waals surface area contributed by atoms with Gasteiger partial charge >= 0.3 is 0 Å². The second-order valence-corrected chi connectivity index (χ2v) is 9.19. The summed E-state index contributed by atoms with van der Waals surface area (Å²) in [5.74, 6) is 0.808. The number of carbonyl (C=O) groups is 3. The number of fused-ring (bicyclic) bond motifs is 1. The zero-order chi connectivity index (χ0) is 23.7. The maximum absolute atomic E-state index is 13.1. The molecule has 0 spiro atoms. The molecular formula is C26H29N3O5. The van der Waals surface area contributed by atoms with Crippen LogP contribution in [0.1, 0.15) is 37.8 Å². The molecule has 3 heterocycles. The van der Waals surface area contributed by atoms with E-state index in [4.69, 9.17) is 9.47 Å². The van der Waals surface area contributed by atoms with E-state index in [1.165, 1.54) is 0 Å². The number of rotatable bonds is 5. The van der Waals surface area contributed by atoms with E-state index in [1.54, 1.807) is 18.2 Å². The Morgan fingerprint density at radius 3 is 2.50 bits per heavy atom. The average Bonchev–Trinajstić information content (AvgIpc) is 3.50. The van der Waals surface area contributed by atoms with Crippen molar-refractivity contribution in [3.63, 3.8) is 0 Å². The number of piperidine rings is 1. The van der Waals surface area contributed by atoms with Gasteiger partial charge < -0.3 is 24.6 Å². The van der Waals surface area contributed by atoms with Crippen LogP contribution in [0.5, 0.6) is 11.5 Å². The maximum Gasteiger partial charge on any atom is 0.231 e. The Labute approximate surface area is 198 Å². The number of amides is 3. The minimum Gasteiger partial charge on any atom is -0.454 e. The van der Waals surface area contributed by atoms with Crippen LogP contribution in [0.15, 0.2) is 48.5 Å². The number of benzene rings is 2. The molecule has 0 aliphatic carbocycles. The summed E-state index contributed by atoms with van der Waals surface area (Å²) in [4.78, 5) is 42.2. The fourth-order valence-electron chi connectivity index (χ4n) is 5.02. The lowest BCUT2D eigenvalue weighted by Crippen LogP contribution is -2.44. The summed E-state index contributed by atoms with van der Waals surface area (Å²) >= 11 is 0. The molecule has 8 nitrogen and oxygen atoms in total. The Hall–Kier alpha value is -3.55. The number of hydrogen-bond acceptors (Lipinski definition) is 5. The number of hydrogen-bond donors (Lipinski definition) is 1. The number of anilines is 1. The van der Waals surface area contributed by atoms with E-state index in [2.05, 4.69) is 5.32 Å². The van der Waals surface area contributed by atoms with E-state index in [9.17, 15) is 14.4 Å². The van der Waals surface area contributed by atoms with Crippen molar-refractivity contribution in [2.45, 2.75) is 32.2 Å². The first-order valence-electron chi connectivity index (χ1n) is 11.8. The molecule has 3 amide bonds. The highest BCUT2D eigenvalue weighted by atomic mass is 16.7. The number of carbonyl (C=O) groups excluding carboxylic acids is 3. The predicted molar refractivity (Wildman–Crippen MR) is 125 cm³/mol. The van der Waals surface area contributed by atoms with Crippen molar-refractivity contribution in [3.05, 3.63) is 54.1 Å². The second-order valence-electron chi connectivity index (χ2n) is 9.19. The number of ether oxygens (including phenoxy) is 2. The average molecular weight is 464 g/mol. The van der Waals surface area contributed by atoms with Gasteiger partial charge in [-0.15, -0.1) is 0 Å². The fraction of sp³-hybridized carbons (Fsp3) is 0.423. The molecule has 0 bridgehead atoms. The number of nitrogens with one attached hydrogen (secondary N) is 1. The third-order valence-corrected chi connectivity index (χ3v) is 7.07. The summed E-state index contributed by atoms with van der Waals surface area (Å²) in [7, 11) is 0. The van der Waals surface area contributed by atoms with Crippen molar-refractivity contribution in [3.8, 4) is 11.5 Å². The molecule has 1 N–H and O–H groups in total. The minimum atomic E-state index is -0.322. The van der Waals surface area contributed by atoms with E-state index in [1.807, 2.05) is 47.1 Å². The Balaban J connectivity index is 1.13. The van der Waals surface area contributed by atoms with Crippen LogP contribution in [-0.4, -0.2) is 53.9 Å². The van der Waals surface area contributed by atoms with Crippen molar-refractivity contribution < 1.29 is 23.9 Å². The van der Waals surface area contributed by atoms with E-state index < -0.39 is 0 Å². The van der Waals surface area contributed by atoms with Crippen molar-refractivity contribution in [1.82, 2.24) is 9.80 Å². The van der Waals surface area contributed by atoms with Gasteiger partial charge in [-0.05, 0) is 37.5 Å². The van der Waals surface area contributed by atoms with Gasteiger partial charge in [0, 0.05) is 43.7 Å². The van der Waals surface area contributed by atoms with Crippen LogP contribution in [-0.2, 0) is 14.4 Å². The van der Waals surface area contributed by atoms with Gasteiger partial charge in [-0.1, -0.05) is 30.3 Å². The third kappa shape index (κ3) is 4.44. The van der Waals surface area contributed by atoms with Gasteiger partial charge in [0.05, 0.1) is 12.0 Å². The Bertz CT molecular complexity index is 1080. The zero-order valence-electron chi connectivity index (χ0n) is 19.2. The van der Waals surface area contributed by atoms with Crippen LogP contribution < -0.4 is 14.8 Å². The molecular weight excluding hydrogens is 434 g/mol. The number of likely N-dealkylation sites (tertiary alicyclic amines) is 2. The Kier molecular flexibility index (Phi) is 6.13. The second kappa shape index (κ2) is 9.37. The van der Waals surface area contributed by atoms with Gasteiger partial charge in [-0.25, -0.2) is 0 Å². The maximum atomic E-state index is 13.1. The quantitative estimate of drug-likeness (QED) is 0.736. The lowest BCUT2D eigenvalue weighted by Gasteiger charge is -2.33. The molecule has 2 fully saturated rings. The molecule has 0 aromatic heterocycles. The van der Waals surface area contributed by atoms with E-state index in [-0.39, 0.29) is 48.8 Å². The summed E-state index contributed by atoms with van der Waals surface area (Å²) in [6.07, 6.45) is 1.46. The van der Waals surface area contributed by atoms with Crippen LogP contribution >= 0.6 is 0 Å². The highest BCUT2D eigenvalue weighted by molar-refractivity contribution is 5.93. The zero-order valence-corrected chi connectivity index (χ0v) is 19.2. The van der Waals surface area contributed by atoms with Crippen molar-refractivity contribution in [2.24, 2.45) is 11.8 Å². The molecule has 2 aromatic carbocycles. The van der Waals surface area contributed by atoms with E-state index in [0.717, 1.165) is 5.56 Å². The summed E-state index contributed by atoms with van der Waals surface area (Å²) < 4.78 is 10.7. The van der Waals surface area contributed by atoms with E-state index in [0.29, 0.717) is 49.7 Å². The minimum absolute atomic E-state index is 0.0192. The first-order chi connectivity index (χ1) is 16.5. The van der Waals surface area contributed by atoms with Crippen molar-refractivity contribution in [1.29, 1.82) is 0 Å². The molecule has 178 valence electrons. The molecule has 3 aliphatic rings. The first-order valence-corrected chi connectivity index (χ1v) is 11.8.